The summed E-state index contributed by atoms with van der Waals surface area (Å²) >= 11 is 1.87. The molecule has 8 rings (SSSR count). The van der Waals surface area contributed by atoms with E-state index in [1.807, 2.05) is 11.3 Å². The average molecular weight is 468 g/mol. The first-order valence-electron chi connectivity index (χ1n) is 12.0. The van der Waals surface area contributed by atoms with E-state index in [2.05, 4.69) is 114 Å². The van der Waals surface area contributed by atoms with Crippen molar-refractivity contribution in [2.45, 2.75) is 12.5 Å². The molecule has 3 heteroatoms. The van der Waals surface area contributed by atoms with Gasteiger partial charge in [0.25, 0.3) is 0 Å². The van der Waals surface area contributed by atoms with Gasteiger partial charge in [-0.15, -0.1) is 11.3 Å². The molecular weight excluding hydrogens is 446 g/mol. The summed E-state index contributed by atoms with van der Waals surface area (Å²) in [6, 6.07) is 39.3. The van der Waals surface area contributed by atoms with Crippen LogP contribution in [0.25, 0.3) is 47.7 Å². The van der Waals surface area contributed by atoms with Gasteiger partial charge in [0, 0.05) is 27.3 Å². The predicted octanol–water partition coefficient (Wildman–Crippen LogP) is 8.83. The normalized spacial score (nSPS) is 15.3. The van der Waals surface area contributed by atoms with E-state index >= 15 is 0 Å². The fourth-order valence-electron chi connectivity index (χ4n) is 5.77. The molecule has 2 aromatic heterocycles. The molecule has 0 fully saturated rings. The van der Waals surface area contributed by atoms with Crippen molar-refractivity contribution >= 4 is 53.3 Å². The molecule has 1 aliphatic rings. The Morgan fingerprint density at radius 1 is 0.657 bits per heavy atom. The van der Waals surface area contributed by atoms with Gasteiger partial charge in [0.15, 0.2) is 0 Å². The lowest BCUT2D eigenvalue weighted by Crippen LogP contribution is -2.02. The van der Waals surface area contributed by atoms with Crippen LogP contribution in [-0.4, -0.2) is 4.57 Å². The molecule has 7 aromatic rings. The molecule has 166 valence electrons. The highest BCUT2D eigenvalue weighted by Gasteiger charge is 2.29. The summed E-state index contributed by atoms with van der Waals surface area (Å²) in [7, 11) is 0. The van der Waals surface area contributed by atoms with E-state index in [0.717, 1.165) is 12.2 Å². The number of thiophene rings is 1. The van der Waals surface area contributed by atoms with Crippen molar-refractivity contribution in [1.29, 1.82) is 0 Å². The second-order valence-electron chi connectivity index (χ2n) is 9.27. The number of hydrogen-bond acceptors (Lipinski definition) is 2. The van der Waals surface area contributed by atoms with Crippen molar-refractivity contribution in [3.8, 4) is 11.4 Å². The number of nitrogens with zero attached hydrogens (tertiary/aromatic N) is 1. The molecule has 0 aliphatic carbocycles. The van der Waals surface area contributed by atoms with E-state index in [0.29, 0.717) is 0 Å². The minimum absolute atomic E-state index is 0.0601. The molecule has 0 bridgehead atoms. The van der Waals surface area contributed by atoms with Gasteiger partial charge in [-0.2, -0.15) is 0 Å². The van der Waals surface area contributed by atoms with Crippen LogP contribution in [0.3, 0.4) is 0 Å². The number of ether oxygens (including phenoxy) is 1. The first kappa shape index (κ1) is 19.2. The summed E-state index contributed by atoms with van der Waals surface area (Å²) in [6.07, 6.45) is 0.964. The van der Waals surface area contributed by atoms with Crippen LogP contribution in [0.2, 0.25) is 0 Å². The SMILES string of the molecule is c1ccc(C2Cc3ccc4c(c3O2)c2ccccc2n4-c2cccc3c2sc2ccccc23)cc1. The van der Waals surface area contributed by atoms with Crippen molar-refractivity contribution in [1.82, 2.24) is 4.57 Å². The Morgan fingerprint density at radius 2 is 1.43 bits per heavy atom. The minimum atomic E-state index is 0.0601. The Kier molecular flexibility index (Phi) is 3.96. The van der Waals surface area contributed by atoms with Gasteiger partial charge in [-0.1, -0.05) is 84.9 Å². The van der Waals surface area contributed by atoms with E-state index in [-0.39, 0.29) is 6.10 Å². The largest absolute Gasteiger partial charge is 0.484 e. The zero-order chi connectivity index (χ0) is 22.9. The van der Waals surface area contributed by atoms with Crippen LogP contribution in [0.15, 0.2) is 109 Å². The summed E-state index contributed by atoms with van der Waals surface area (Å²) in [5, 5.41) is 5.10. The molecule has 3 heterocycles. The maximum absolute atomic E-state index is 6.69. The molecule has 1 unspecified atom stereocenters. The van der Waals surface area contributed by atoms with Gasteiger partial charge in [-0.05, 0) is 35.4 Å². The van der Waals surface area contributed by atoms with Gasteiger partial charge in [0.1, 0.15) is 11.9 Å². The number of benzene rings is 5. The van der Waals surface area contributed by atoms with Crippen molar-refractivity contribution in [2.24, 2.45) is 0 Å². The van der Waals surface area contributed by atoms with Crippen LogP contribution < -0.4 is 4.74 Å². The lowest BCUT2D eigenvalue weighted by molar-refractivity contribution is 0.241. The lowest BCUT2D eigenvalue weighted by atomic mass is 10.0. The lowest BCUT2D eigenvalue weighted by Gasteiger charge is -2.11. The molecule has 0 N–H and O–H groups in total. The average Bonchev–Trinajstić information content (AvgIpc) is 3.60. The Balaban J connectivity index is 1.42. The smallest absolute Gasteiger partial charge is 0.133 e. The molecule has 1 aliphatic heterocycles. The van der Waals surface area contributed by atoms with Crippen molar-refractivity contribution in [2.75, 3.05) is 0 Å². The number of aromatic nitrogens is 1. The van der Waals surface area contributed by atoms with E-state index in [1.54, 1.807) is 0 Å². The predicted molar refractivity (Wildman–Crippen MR) is 147 cm³/mol. The van der Waals surface area contributed by atoms with Crippen molar-refractivity contribution in [3.05, 3.63) is 120 Å². The summed E-state index contributed by atoms with van der Waals surface area (Å²) in [6.45, 7) is 0. The van der Waals surface area contributed by atoms with Crippen molar-refractivity contribution < 1.29 is 4.74 Å². The number of para-hydroxylation sites is 1. The Labute approximate surface area is 206 Å². The second kappa shape index (κ2) is 7.21. The van der Waals surface area contributed by atoms with Gasteiger partial charge < -0.3 is 9.30 Å². The standard InChI is InChI=1S/C32H21NOS/c1-2-9-20(10-3-1)28-19-21-17-18-26-30(31(21)34-28)24-12-4-6-14-25(24)33(26)27-15-8-13-23-22-11-5-7-16-29(22)35-32(23)27/h1-18,28H,19H2. The fraction of sp³-hybridized carbons (Fsp3) is 0.0625. The molecule has 5 aromatic carbocycles. The molecule has 0 radical (unpaired) electrons. The molecule has 0 amide bonds. The van der Waals surface area contributed by atoms with Crippen LogP contribution in [0.4, 0.5) is 0 Å². The van der Waals surface area contributed by atoms with Crippen LogP contribution in [0.1, 0.15) is 17.2 Å². The summed E-state index contributed by atoms with van der Waals surface area (Å²) in [5.74, 6) is 1.04. The third-order valence-electron chi connectivity index (χ3n) is 7.33. The molecular formula is C32H21NOS. The van der Waals surface area contributed by atoms with Crippen molar-refractivity contribution in [3.63, 3.8) is 0 Å². The first-order valence-corrected chi connectivity index (χ1v) is 12.9. The second-order valence-corrected chi connectivity index (χ2v) is 10.3. The maximum Gasteiger partial charge on any atom is 0.133 e. The number of fused-ring (bicyclic) bond motifs is 8. The quantitative estimate of drug-likeness (QED) is 0.248. The van der Waals surface area contributed by atoms with Gasteiger partial charge in [0.05, 0.1) is 26.8 Å². The van der Waals surface area contributed by atoms with Crippen LogP contribution in [0, 0.1) is 0 Å². The molecule has 35 heavy (non-hydrogen) atoms. The summed E-state index contributed by atoms with van der Waals surface area (Å²) < 4.78 is 11.8. The Morgan fingerprint density at radius 3 is 2.34 bits per heavy atom. The zero-order valence-corrected chi connectivity index (χ0v) is 19.8. The summed E-state index contributed by atoms with van der Waals surface area (Å²) in [4.78, 5) is 0. The van der Waals surface area contributed by atoms with E-state index < -0.39 is 0 Å². The van der Waals surface area contributed by atoms with E-state index in [9.17, 15) is 0 Å². The van der Waals surface area contributed by atoms with E-state index in [4.69, 9.17) is 4.74 Å². The zero-order valence-electron chi connectivity index (χ0n) is 18.9. The van der Waals surface area contributed by atoms with Gasteiger partial charge in [-0.3, -0.25) is 0 Å². The maximum atomic E-state index is 6.69. The topological polar surface area (TPSA) is 14.2 Å². The van der Waals surface area contributed by atoms with E-state index in [1.165, 1.54) is 58.8 Å². The van der Waals surface area contributed by atoms with Gasteiger partial charge >= 0.3 is 0 Å². The molecule has 2 nitrogen and oxygen atoms in total. The number of hydrogen-bond donors (Lipinski definition) is 0. The number of rotatable bonds is 2. The molecule has 0 saturated carbocycles. The monoisotopic (exact) mass is 467 g/mol. The highest BCUT2D eigenvalue weighted by atomic mass is 32.1. The molecule has 1 atom stereocenters. The fourth-order valence-corrected chi connectivity index (χ4v) is 6.98. The Hall–Kier alpha value is -4.08. The third kappa shape index (κ3) is 2.70. The van der Waals surface area contributed by atoms with Crippen LogP contribution in [0.5, 0.6) is 5.75 Å². The molecule has 0 spiro atoms. The minimum Gasteiger partial charge on any atom is -0.484 e. The van der Waals surface area contributed by atoms with Crippen LogP contribution >= 0.6 is 11.3 Å². The first-order chi connectivity index (χ1) is 17.4. The molecule has 0 saturated heterocycles. The summed E-state index contributed by atoms with van der Waals surface area (Å²) in [5.41, 5.74) is 6.16. The highest BCUT2D eigenvalue weighted by molar-refractivity contribution is 7.26. The third-order valence-corrected chi connectivity index (χ3v) is 8.54. The van der Waals surface area contributed by atoms with Gasteiger partial charge in [-0.25, -0.2) is 0 Å². The Bertz CT molecular complexity index is 1910. The van der Waals surface area contributed by atoms with Crippen LogP contribution in [-0.2, 0) is 6.42 Å². The highest BCUT2D eigenvalue weighted by Crippen LogP contribution is 2.47. The van der Waals surface area contributed by atoms with Gasteiger partial charge in [0.2, 0.25) is 0 Å².